The van der Waals surface area contributed by atoms with Gasteiger partial charge in [0.2, 0.25) is 0 Å². The molecule has 1 aromatic heterocycles. The van der Waals surface area contributed by atoms with E-state index in [1.807, 2.05) is 6.92 Å². The zero-order chi connectivity index (χ0) is 16.6. The lowest BCUT2D eigenvalue weighted by Gasteiger charge is -2.01. The van der Waals surface area contributed by atoms with Crippen molar-refractivity contribution in [3.63, 3.8) is 0 Å². The van der Waals surface area contributed by atoms with E-state index in [4.69, 9.17) is 0 Å². The molecule has 0 saturated carbocycles. The summed E-state index contributed by atoms with van der Waals surface area (Å²) in [6.45, 7) is 2.32. The van der Waals surface area contributed by atoms with Crippen LogP contribution in [0.3, 0.4) is 0 Å². The third-order valence-corrected chi connectivity index (χ3v) is 4.38. The summed E-state index contributed by atoms with van der Waals surface area (Å²) in [6.07, 6.45) is 0. The van der Waals surface area contributed by atoms with Crippen molar-refractivity contribution in [2.24, 2.45) is 4.99 Å². The minimum Gasteiger partial charge on any atom is -0.317 e. The summed E-state index contributed by atoms with van der Waals surface area (Å²) in [4.78, 5) is 16.2. The second-order valence-electron chi connectivity index (χ2n) is 4.75. The molecule has 0 fully saturated rings. The van der Waals surface area contributed by atoms with Gasteiger partial charge in [-0.3, -0.25) is 4.79 Å². The van der Waals surface area contributed by atoms with E-state index >= 15 is 0 Å². The molecule has 0 saturated heterocycles. The first kappa shape index (κ1) is 15.5. The zero-order valence-corrected chi connectivity index (χ0v) is 12.8. The average molecular weight is 336 g/mol. The number of aromatic nitrogens is 1. The standard InChI is InChI=1S/C16H11F3N2OS/c1-2-21-12-7-6-9(17)8-13(12)23-16(21)20-15(22)14-10(18)4-3-5-11(14)19/h3-8H,2H2,1H3. The SMILES string of the molecule is CCn1c(=NC(=O)c2c(F)cccc2F)sc2cc(F)ccc21. The molecule has 0 radical (unpaired) electrons. The van der Waals surface area contributed by atoms with Crippen LogP contribution in [-0.4, -0.2) is 10.5 Å². The number of hydrogen-bond donors (Lipinski definition) is 0. The maximum Gasteiger partial charge on any atom is 0.285 e. The van der Waals surface area contributed by atoms with E-state index in [2.05, 4.69) is 4.99 Å². The molecule has 0 N–H and O–H groups in total. The molecule has 23 heavy (non-hydrogen) atoms. The number of carbonyl (C=O) groups excluding carboxylic acids is 1. The Hall–Kier alpha value is -2.41. The Labute approximate surface area is 133 Å². The van der Waals surface area contributed by atoms with E-state index in [9.17, 15) is 18.0 Å². The van der Waals surface area contributed by atoms with Gasteiger partial charge in [0.05, 0.1) is 10.2 Å². The van der Waals surface area contributed by atoms with E-state index in [0.29, 0.717) is 16.8 Å². The largest absolute Gasteiger partial charge is 0.317 e. The van der Waals surface area contributed by atoms with Crippen LogP contribution in [0.4, 0.5) is 13.2 Å². The molecule has 3 rings (SSSR count). The summed E-state index contributed by atoms with van der Waals surface area (Å²) in [6, 6.07) is 7.40. The summed E-state index contributed by atoms with van der Waals surface area (Å²) >= 11 is 1.09. The highest BCUT2D eigenvalue weighted by Crippen LogP contribution is 2.19. The topological polar surface area (TPSA) is 34.4 Å². The fraction of sp³-hybridized carbons (Fsp3) is 0.125. The van der Waals surface area contributed by atoms with Crippen molar-refractivity contribution < 1.29 is 18.0 Å². The van der Waals surface area contributed by atoms with Crippen LogP contribution in [0.15, 0.2) is 41.4 Å². The molecule has 0 bridgehead atoms. The minimum atomic E-state index is -1.00. The van der Waals surface area contributed by atoms with Crippen LogP contribution < -0.4 is 4.80 Å². The van der Waals surface area contributed by atoms with Gasteiger partial charge in [-0.1, -0.05) is 17.4 Å². The Morgan fingerprint density at radius 1 is 1.17 bits per heavy atom. The summed E-state index contributed by atoms with van der Waals surface area (Å²) < 4.78 is 42.9. The van der Waals surface area contributed by atoms with Crippen molar-refractivity contribution >= 4 is 27.5 Å². The van der Waals surface area contributed by atoms with Crippen molar-refractivity contribution in [1.29, 1.82) is 0 Å². The number of amides is 1. The summed E-state index contributed by atoms with van der Waals surface area (Å²) in [5, 5.41) is 0. The van der Waals surface area contributed by atoms with Gasteiger partial charge in [-0.05, 0) is 37.3 Å². The fourth-order valence-electron chi connectivity index (χ4n) is 2.28. The van der Waals surface area contributed by atoms with Gasteiger partial charge in [-0.25, -0.2) is 13.2 Å². The van der Waals surface area contributed by atoms with Crippen LogP contribution in [0.2, 0.25) is 0 Å². The van der Waals surface area contributed by atoms with Gasteiger partial charge in [0.1, 0.15) is 23.0 Å². The first-order chi connectivity index (χ1) is 11.0. The molecule has 2 aromatic carbocycles. The van der Waals surface area contributed by atoms with Crippen LogP contribution in [0.1, 0.15) is 17.3 Å². The van der Waals surface area contributed by atoms with Crippen LogP contribution in [-0.2, 0) is 6.54 Å². The molecule has 0 spiro atoms. The predicted molar refractivity (Wildman–Crippen MR) is 81.7 cm³/mol. The smallest absolute Gasteiger partial charge is 0.285 e. The molecule has 118 valence electrons. The molecule has 0 aliphatic carbocycles. The van der Waals surface area contributed by atoms with Crippen molar-refractivity contribution in [2.75, 3.05) is 0 Å². The van der Waals surface area contributed by atoms with E-state index in [-0.39, 0.29) is 4.80 Å². The van der Waals surface area contributed by atoms with Gasteiger partial charge in [-0.2, -0.15) is 4.99 Å². The molecule has 0 atom stereocenters. The monoisotopic (exact) mass is 336 g/mol. The lowest BCUT2D eigenvalue weighted by atomic mass is 10.2. The quantitative estimate of drug-likeness (QED) is 0.699. The third-order valence-electron chi connectivity index (χ3n) is 3.33. The number of halogens is 3. The van der Waals surface area contributed by atoms with Crippen molar-refractivity contribution in [3.05, 3.63) is 64.2 Å². The van der Waals surface area contributed by atoms with Crippen molar-refractivity contribution in [3.8, 4) is 0 Å². The van der Waals surface area contributed by atoms with Crippen LogP contribution in [0, 0.1) is 17.5 Å². The minimum absolute atomic E-state index is 0.265. The summed E-state index contributed by atoms with van der Waals surface area (Å²) in [5.41, 5.74) is 0.0123. The lowest BCUT2D eigenvalue weighted by Crippen LogP contribution is -2.17. The highest BCUT2D eigenvalue weighted by atomic mass is 32.1. The van der Waals surface area contributed by atoms with E-state index in [1.54, 1.807) is 10.6 Å². The highest BCUT2D eigenvalue weighted by Gasteiger charge is 2.17. The molecule has 0 aliphatic heterocycles. The van der Waals surface area contributed by atoms with Crippen molar-refractivity contribution in [2.45, 2.75) is 13.5 Å². The van der Waals surface area contributed by atoms with Crippen LogP contribution in [0.5, 0.6) is 0 Å². The number of benzene rings is 2. The fourth-order valence-corrected chi connectivity index (χ4v) is 3.40. The molecule has 0 aliphatic rings. The molecule has 3 nitrogen and oxygen atoms in total. The average Bonchev–Trinajstić information content (AvgIpc) is 2.82. The predicted octanol–water partition coefficient (Wildman–Crippen LogP) is 3.88. The molecular formula is C16H11F3N2OS. The summed E-state index contributed by atoms with van der Waals surface area (Å²) in [7, 11) is 0. The number of thiazole rings is 1. The lowest BCUT2D eigenvalue weighted by molar-refractivity contribution is 0.0990. The first-order valence-corrected chi connectivity index (χ1v) is 7.65. The highest BCUT2D eigenvalue weighted by molar-refractivity contribution is 7.16. The molecule has 1 amide bonds. The van der Waals surface area contributed by atoms with E-state index in [0.717, 1.165) is 23.5 Å². The normalized spacial score (nSPS) is 12.1. The Balaban J connectivity index is 2.19. The van der Waals surface area contributed by atoms with Gasteiger partial charge in [0.15, 0.2) is 4.80 Å². The van der Waals surface area contributed by atoms with E-state index < -0.39 is 28.9 Å². The number of carbonyl (C=O) groups is 1. The Morgan fingerprint density at radius 3 is 2.52 bits per heavy atom. The van der Waals surface area contributed by atoms with E-state index in [1.165, 1.54) is 18.2 Å². The first-order valence-electron chi connectivity index (χ1n) is 6.83. The maximum absolute atomic E-state index is 13.7. The Morgan fingerprint density at radius 2 is 1.87 bits per heavy atom. The molecule has 7 heteroatoms. The second kappa shape index (κ2) is 6.00. The zero-order valence-electron chi connectivity index (χ0n) is 12.0. The second-order valence-corrected chi connectivity index (χ2v) is 5.76. The number of nitrogens with zero attached hydrogens (tertiary/aromatic N) is 2. The molecular weight excluding hydrogens is 325 g/mol. The number of hydrogen-bond acceptors (Lipinski definition) is 2. The van der Waals surface area contributed by atoms with Gasteiger partial charge in [0.25, 0.3) is 5.91 Å². The molecule has 0 unspecified atom stereocenters. The number of aryl methyl sites for hydroxylation is 1. The molecule has 3 aromatic rings. The Bertz CT molecular complexity index is 955. The number of rotatable bonds is 2. The Kier molecular flexibility index (Phi) is 4.04. The van der Waals surface area contributed by atoms with Crippen molar-refractivity contribution in [1.82, 2.24) is 4.57 Å². The van der Waals surface area contributed by atoms with Crippen LogP contribution in [0.25, 0.3) is 10.2 Å². The van der Waals surface area contributed by atoms with Gasteiger partial charge >= 0.3 is 0 Å². The maximum atomic E-state index is 13.7. The van der Waals surface area contributed by atoms with Gasteiger partial charge < -0.3 is 4.57 Å². The van der Waals surface area contributed by atoms with Crippen LogP contribution >= 0.6 is 11.3 Å². The summed E-state index contributed by atoms with van der Waals surface area (Å²) in [5.74, 6) is -3.34. The third kappa shape index (κ3) is 2.79. The molecule has 1 heterocycles. The van der Waals surface area contributed by atoms with Gasteiger partial charge in [-0.15, -0.1) is 0 Å². The van der Waals surface area contributed by atoms with Gasteiger partial charge in [0, 0.05) is 6.54 Å². The number of fused-ring (bicyclic) bond motifs is 1.